The highest BCUT2D eigenvalue weighted by atomic mass is 28.3. The summed E-state index contributed by atoms with van der Waals surface area (Å²) in [4.78, 5) is 0. The maximum absolute atomic E-state index is 2.67. The first-order chi connectivity index (χ1) is 23.8. The molecule has 0 heterocycles. The zero-order valence-corrected chi connectivity index (χ0v) is 40.5. The van der Waals surface area contributed by atoms with Gasteiger partial charge in [-0.1, -0.05) is 220 Å². The number of rotatable bonds is 10. The van der Waals surface area contributed by atoms with Gasteiger partial charge >= 0.3 is 0 Å². The third kappa shape index (κ3) is 5.18. The summed E-state index contributed by atoms with van der Waals surface area (Å²) in [5.74, 6) is 0. The van der Waals surface area contributed by atoms with Gasteiger partial charge in [-0.15, -0.1) is 0 Å². The van der Waals surface area contributed by atoms with Crippen LogP contribution in [0.1, 0.15) is 33.4 Å². The summed E-state index contributed by atoms with van der Waals surface area (Å²) < 4.78 is 0. The smallest absolute Gasteiger partial charge is 0.0653 e. The monoisotopic (exact) mass is 772 g/mol. The van der Waals surface area contributed by atoms with Crippen LogP contribution in [-0.2, 0) is 25.2 Å². The van der Waals surface area contributed by atoms with Gasteiger partial charge in [-0.05, 0) is 40.3 Å². The number of benzene rings is 1. The Morgan fingerprint density at radius 3 is 0.538 bits per heavy atom. The standard InChI is InChI=1S/C47H68Si5/c1-37-38(43(48(2,3)4)27-17-18-28-43)40(45(50(8,9)10)31-21-22-32-45)42(47(52(14,15)16)35-25-26-36-47)41(46(51(11,12)13)33-23-24-34-46)39(37)44(49(5,6)7)29-19-20-30-44/h17-36H,1-16H3. The molecular weight excluding hydrogens is 705 g/mol. The minimum absolute atomic E-state index is 0.141. The van der Waals surface area contributed by atoms with Crippen molar-refractivity contribution in [1.82, 2.24) is 0 Å². The zero-order valence-electron chi connectivity index (χ0n) is 35.5. The van der Waals surface area contributed by atoms with E-state index < -0.39 is 40.4 Å². The first-order valence-electron chi connectivity index (χ1n) is 19.9. The predicted octanol–water partition coefficient (Wildman–Crippen LogP) is 13.2. The quantitative estimate of drug-likeness (QED) is 0.208. The fourth-order valence-corrected chi connectivity index (χ4v) is 21.8. The molecule has 0 saturated heterocycles. The van der Waals surface area contributed by atoms with E-state index in [2.05, 4.69) is 227 Å². The molecule has 0 atom stereocenters. The minimum Gasteiger partial charge on any atom is -0.0730 e. The Bertz CT molecular complexity index is 1790. The van der Waals surface area contributed by atoms with Crippen LogP contribution in [0.5, 0.6) is 0 Å². The normalized spacial score (nSPS) is 23.0. The molecule has 0 saturated carbocycles. The number of hydrogen-bond acceptors (Lipinski definition) is 0. The Morgan fingerprint density at radius 2 is 0.385 bits per heavy atom. The van der Waals surface area contributed by atoms with E-state index in [4.69, 9.17) is 0 Å². The predicted molar refractivity (Wildman–Crippen MR) is 248 cm³/mol. The van der Waals surface area contributed by atoms with E-state index in [-0.39, 0.29) is 25.2 Å². The lowest BCUT2D eigenvalue weighted by Gasteiger charge is -2.56. The maximum atomic E-state index is 2.67. The molecule has 0 amide bonds. The van der Waals surface area contributed by atoms with Crippen molar-refractivity contribution < 1.29 is 0 Å². The van der Waals surface area contributed by atoms with Crippen LogP contribution in [0.15, 0.2) is 122 Å². The van der Waals surface area contributed by atoms with E-state index in [0.717, 1.165) is 0 Å². The van der Waals surface area contributed by atoms with Gasteiger partial charge in [0.25, 0.3) is 0 Å². The van der Waals surface area contributed by atoms with E-state index in [1.54, 1.807) is 33.4 Å². The van der Waals surface area contributed by atoms with Crippen LogP contribution >= 0.6 is 0 Å². The van der Waals surface area contributed by atoms with E-state index in [1.807, 2.05) is 0 Å². The van der Waals surface area contributed by atoms with Crippen molar-refractivity contribution in [1.29, 1.82) is 0 Å². The molecule has 6 rings (SSSR count). The summed E-state index contributed by atoms with van der Waals surface area (Å²) in [5.41, 5.74) is 9.82. The molecule has 1 aromatic carbocycles. The molecule has 0 aromatic heterocycles. The third-order valence-corrected chi connectivity index (χ3v) is 29.5. The minimum atomic E-state index is -2.04. The van der Waals surface area contributed by atoms with Crippen molar-refractivity contribution in [3.63, 3.8) is 0 Å². The van der Waals surface area contributed by atoms with Gasteiger partial charge in [-0.3, -0.25) is 0 Å². The van der Waals surface area contributed by atoms with Gasteiger partial charge in [0, 0.05) is 25.2 Å². The van der Waals surface area contributed by atoms with Crippen molar-refractivity contribution in [3.05, 3.63) is 155 Å². The summed E-state index contributed by atoms with van der Waals surface area (Å²) in [5, 5.41) is -0.785. The molecule has 1 aromatic rings. The van der Waals surface area contributed by atoms with Crippen molar-refractivity contribution in [3.8, 4) is 0 Å². The molecule has 0 N–H and O–H groups in total. The summed E-state index contributed by atoms with van der Waals surface area (Å²) in [6, 6.07) is 0. The van der Waals surface area contributed by atoms with Gasteiger partial charge in [0.05, 0.1) is 40.4 Å². The van der Waals surface area contributed by atoms with E-state index in [0.29, 0.717) is 0 Å². The Morgan fingerprint density at radius 1 is 0.250 bits per heavy atom. The molecule has 0 radical (unpaired) electrons. The molecule has 0 aliphatic heterocycles. The second-order valence-electron chi connectivity index (χ2n) is 21.7. The van der Waals surface area contributed by atoms with Crippen LogP contribution in [0, 0.1) is 6.92 Å². The van der Waals surface area contributed by atoms with Crippen LogP contribution < -0.4 is 0 Å². The first kappa shape index (κ1) is 39.4. The number of hydrogen-bond donors (Lipinski definition) is 0. The van der Waals surface area contributed by atoms with Gasteiger partial charge < -0.3 is 0 Å². The Hall–Kier alpha value is -2.30. The lowest BCUT2D eigenvalue weighted by Crippen LogP contribution is -2.59. The molecule has 276 valence electrons. The molecular formula is C47H68Si5. The molecule has 0 nitrogen and oxygen atoms in total. The van der Waals surface area contributed by atoms with Gasteiger partial charge in [-0.2, -0.15) is 0 Å². The molecule has 0 fully saturated rings. The topological polar surface area (TPSA) is 0 Å². The lowest BCUT2D eigenvalue weighted by molar-refractivity contribution is 0.726. The van der Waals surface area contributed by atoms with Gasteiger partial charge in [0.15, 0.2) is 0 Å². The van der Waals surface area contributed by atoms with Crippen LogP contribution in [0.25, 0.3) is 0 Å². The van der Waals surface area contributed by atoms with E-state index >= 15 is 0 Å². The molecule has 0 unspecified atom stereocenters. The van der Waals surface area contributed by atoms with Crippen LogP contribution in [0.3, 0.4) is 0 Å². The van der Waals surface area contributed by atoms with Crippen LogP contribution in [0.4, 0.5) is 0 Å². The van der Waals surface area contributed by atoms with Crippen molar-refractivity contribution in [2.24, 2.45) is 0 Å². The molecule has 5 heteroatoms. The highest BCUT2D eigenvalue weighted by Crippen LogP contribution is 2.62. The fraction of sp³-hybridized carbons (Fsp3) is 0.447. The third-order valence-electron chi connectivity index (χ3n) is 14.2. The highest BCUT2D eigenvalue weighted by Gasteiger charge is 2.60. The van der Waals surface area contributed by atoms with Crippen molar-refractivity contribution in [2.45, 2.75) is 130 Å². The number of allylic oxidation sites excluding steroid dienone is 20. The molecule has 5 aliphatic rings. The van der Waals surface area contributed by atoms with Crippen molar-refractivity contribution in [2.75, 3.05) is 0 Å². The van der Waals surface area contributed by atoms with E-state index in [9.17, 15) is 0 Å². The SMILES string of the molecule is Cc1c(C2([Si](C)(C)C)C=CC=C2)c(C2([Si](C)(C)C)C=CC=C2)c(C2([Si](C)(C)C)C=CC=C2)c(C2([Si](C)(C)C)C=CC=C2)c1C1([Si](C)(C)C)C=CC=C1. The van der Waals surface area contributed by atoms with Gasteiger partial charge in [-0.25, -0.2) is 0 Å². The molecule has 52 heavy (non-hydrogen) atoms. The summed E-state index contributed by atoms with van der Waals surface area (Å²) in [6.45, 7) is 42.2. The average molecular weight is 773 g/mol. The second-order valence-corrected chi connectivity index (χ2v) is 48.3. The van der Waals surface area contributed by atoms with Crippen molar-refractivity contribution >= 4 is 40.4 Å². The Balaban J connectivity index is 2.12. The molecule has 0 bridgehead atoms. The molecule has 5 aliphatic carbocycles. The summed E-state index contributed by atoms with van der Waals surface area (Å²) >= 11 is 0. The highest BCUT2D eigenvalue weighted by molar-refractivity contribution is 6.83. The largest absolute Gasteiger partial charge is 0.0730 e. The first-order valence-corrected chi connectivity index (χ1v) is 37.4. The second kappa shape index (κ2) is 12.1. The fourth-order valence-electron chi connectivity index (χ4n) is 10.7. The lowest BCUT2D eigenvalue weighted by atomic mass is 9.68. The van der Waals surface area contributed by atoms with Gasteiger partial charge in [0.2, 0.25) is 0 Å². The zero-order chi connectivity index (χ0) is 38.6. The summed E-state index contributed by atoms with van der Waals surface area (Å²) in [7, 11) is -9.98. The Kier molecular flexibility index (Phi) is 9.17. The van der Waals surface area contributed by atoms with Crippen LogP contribution in [0.2, 0.25) is 98.2 Å². The maximum Gasteiger partial charge on any atom is 0.0653 e. The molecule has 0 spiro atoms. The van der Waals surface area contributed by atoms with Gasteiger partial charge in [0.1, 0.15) is 0 Å². The summed E-state index contributed by atoms with van der Waals surface area (Å²) in [6.07, 6.45) is 50.5. The Labute approximate surface area is 323 Å². The van der Waals surface area contributed by atoms with Crippen LogP contribution in [-0.4, -0.2) is 40.4 Å². The van der Waals surface area contributed by atoms with E-state index in [1.165, 1.54) is 0 Å². The average Bonchev–Trinajstić information content (AvgIpc) is 3.84.